The molecule has 1 atom stereocenters. The SMILES string of the molecule is C[C@@]1(c2ccc3c(c2)CCC3)NC(=O)N(CN2CCC(NC(=O)c3ccccc3)CC2)C1=O. The normalized spacial score (nSPS) is 23.5. The standard InChI is InChI=1S/C26H30N4O3/c1-26(21-11-10-18-8-5-9-20(18)16-21)24(32)30(25(33)28-26)17-29-14-12-22(13-15-29)27-23(31)19-6-3-2-4-7-19/h2-4,6-7,10-11,16,22H,5,8-9,12-15,17H2,1H3,(H,27,31)(H,28,33)/t26-/m0/s1. The van der Waals surface area contributed by atoms with Gasteiger partial charge < -0.3 is 10.6 Å². The fraction of sp³-hybridized carbons (Fsp3) is 0.423. The second-order valence-electron chi connectivity index (χ2n) is 9.50. The fourth-order valence-corrected chi connectivity index (χ4v) is 5.18. The quantitative estimate of drug-likeness (QED) is 0.692. The maximum absolute atomic E-state index is 13.3. The number of benzene rings is 2. The first-order valence-corrected chi connectivity index (χ1v) is 11.8. The first-order chi connectivity index (χ1) is 15.9. The number of likely N-dealkylation sites (tertiary alicyclic amines) is 1. The van der Waals surface area contributed by atoms with Crippen molar-refractivity contribution in [1.29, 1.82) is 0 Å². The molecule has 2 aliphatic heterocycles. The lowest BCUT2D eigenvalue weighted by molar-refractivity contribution is -0.132. The highest BCUT2D eigenvalue weighted by Crippen LogP contribution is 2.32. The summed E-state index contributed by atoms with van der Waals surface area (Å²) >= 11 is 0. The lowest BCUT2D eigenvalue weighted by atomic mass is 9.90. The zero-order valence-corrected chi connectivity index (χ0v) is 19.0. The van der Waals surface area contributed by atoms with Crippen molar-refractivity contribution in [3.63, 3.8) is 0 Å². The predicted molar refractivity (Wildman–Crippen MR) is 125 cm³/mol. The third-order valence-electron chi connectivity index (χ3n) is 7.25. The number of nitrogens with zero attached hydrogens (tertiary/aromatic N) is 2. The number of nitrogens with one attached hydrogen (secondary N) is 2. The summed E-state index contributed by atoms with van der Waals surface area (Å²) in [6.07, 6.45) is 4.82. The van der Waals surface area contributed by atoms with Gasteiger partial charge in [-0.3, -0.25) is 14.5 Å². The van der Waals surface area contributed by atoms with Crippen LogP contribution < -0.4 is 10.6 Å². The first-order valence-electron chi connectivity index (χ1n) is 11.8. The highest BCUT2D eigenvalue weighted by molar-refractivity contribution is 6.07. The highest BCUT2D eigenvalue weighted by atomic mass is 16.2. The van der Waals surface area contributed by atoms with E-state index in [1.165, 1.54) is 16.0 Å². The Hall–Kier alpha value is -3.19. The topological polar surface area (TPSA) is 81.8 Å². The molecule has 172 valence electrons. The van der Waals surface area contributed by atoms with Gasteiger partial charge in [-0.15, -0.1) is 0 Å². The molecule has 0 aromatic heterocycles. The maximum atomic E-state index is 13.3. The van der Waals surface area contributed by atoms with E-state index in [1.807, 2.05) is 24.3 Å². The Labute approximate surface area is 194 Å². The van der Waals surface area contributed by atoms with E-state index in [2.05, 4.69) is 27.7 Å². The van der Waals surface area contributed by atoms with Crippen LogP contribution >= 0.6 is 0 Å². The zero-order chi connectivity index (χ0) is 23.0. The summed E-state index contributed by atoms with van der Waals surface area (Å²) < 4.78 is 0. The Morgan fingerprint density at radius 2 is 1.79 bits per heavy atom. The molecule has 33 heavy (non-hydrogen) atoms. The lowest BCUT2D eigenvalue weighted by Crippen LogP contribution is -2.49. The van der Waals surface area contributed by atoms with Crippen molar-refractivity contribution < 1.29 is 14.4 Å². The third kappa shape index (κ3) is 4.13. The fourth-order valence-electron chi connectivity index (χ4n) is 5.18. The number of carbonyl (C=O) groups is 3. The van der Waals surface area contributed by atoms with Crippen LogP contribution in [0.3, 0.4) is 0 Å². The van der Waals surface area contributed by atoms with Gasteiger partial charge in [-0.2, -0.15) is 0 Å². The van der Waals surface area contributed by atoms with Gasteiger partial charge in [-0.1, -0.05) is 36.4 Å². The molecule has 0 unspecified atom stereocenters. The maximum Gasteiger partial charge on any atom is 0.326 e. The van der Waals surface area contributed by atoms with Gasteiger partial charge in [-0.05, 0) is 67.9 Å². The van der Waals surface area contributed by atoms with Crippen molar-refractivity contribution in [3.8, 4) is 0 Å². The smallest absolute Gasteiger partial charge is 0.326 e. The van der Waals surface area contributed by atoms with E-state index in [4.69, 9.17) is 0 Å². The molecule has 0 spiro atoms. The molecule has 1 aliphatic carbocycles. The van der Waals surface area contributed by atoms with Gasteiger partial charge in [0.05, 0.1) is 6.67 Å². The molecular weight excluding hydrogens is 416 g/mol. The summed E-state index contributed by atoms with van der Waals surface area (Å²) in [5, 5.41) is 6.03. The molecule has 7 nitrogen and oxygen atoms in total. The summed E-state index contributed by atoms with van der Waals surface area (Å²) in [6.45, 7) is 3.50. The Balaban J connectivity index is 1.19. The van der Waals surface area contributed by atoms with Crippen molar-refractivity contribution in [2.75, 3.05) is 19.8 Å². The first kappa shape index (κ1) is 21.6. The number of amides is 4. The number of aryl methyl sites for hydroxylation is 2. The molecule has 0 bridgehead atoms. The molecule has 4 amide bonds. The van der Waals surface area contributed by atoms with Gasteiger partial charge in [-0.25, -0.2) is 9.69 Å². The molecule has 0 saturated carbocycles. The zero-order valence-electron chi connectivity index (χ0n) is 19.0. The summed E-state index contributed by atoms with van der Waals surface area (Å²) in [7, 11) is 0. The number of urea groups is 1. The summed E-state index contributed by atoms with van der Waals surface area (Å²) in [5.74, 6) is -0.266. The van der Waals surface area contributed by atoms with E-state index in [1.54, 1.807) is 19.1 Å². The molecule has 2 aromatic carbocycles. The van der Waals surface area contributed by atoms with Crippen LogP contribution in [0.1, 0.15) is 53.2 Å². The highest BCUT2D eigenvalue weighted by Gasteiger charge is 2.49. The Kier molecular flexibility index (Phi) is 5.66. The molecule has 2 aromatic rings. The molecule has 0 radical (unpaired) electrons. The van der Waals surface area contributed by atoms with E-state index < -0.39 is 5.54 Å². The molecule has 2 heterocycles. The molecular formula is C26H30N4O3. The number of rotatable bonds is 5. The van der Waals surface area contributed by atoms with Crippen molar-refractivity contribution in [3.05, 3.63) is 70.8 Å². The Bertz CT molecular complexity index is 1080. The molecule has 2 fully saturated rings. The molecule has 5 rings (SSSR count). The largest absolute Gasteiger partial charge is 0.349 e. The van der Waals surface area contributed by atoms with Gasteiger partial charge in [0, 0.05) is 24.7 Å². The predicted octanol–water partition coefficient (Wildman–Crippen LogP) is 2.79. The number of piperidine rings is 1. The minimum absolute atomic E-state index is 0.0618. The molecule has 3 aliphatic rings. The monoisotopic (exact) mass is 446 g/mol. The van der Waals surface area contributed by atoms with Crippen LogP contribution in [0.25, 0.3) is 0 Å². The lowest BCUT2D eigenvalue weighted by Gasteiger charge is -2.34. The van der Waals surface area contributed by atoms with Crippen molar-refractivity contribution in [2.24, 2.45) is 0 Å². The van der Waals surface area contributed by atoms with Gasteiger partial charge in [0.15, 0.2) is 0 Å². The van der Waals surface area contributed by atoms with Crippen molar-refractivity contribution in [2.45, 2.75) is 50.6 Å². The number of fused-ring (bicyclic) bond motifs is 1. The summed E-state index contributed by atoms with van der Waals surface area (Å²) in [6, 6.07) is 15.1. The second-order valence-corrected chi connectivity index (χ2v) is 9.50. The van der Waals surface area contributed by atoms with E-state index in [0.29, 0.717) is 18.7 Å². The van der Waals surface area contributed by atoms with Crippen LogP contribution in [0.5, 0.6) is 0 Å². The number of hydrogen-bond donors (Lipinski definition) is 2. The number of carbonyl (C=O) groups excluding carboxylic acids is 3. The Morgan fingerprint density at radius 3 is 2.55 bits per heavy atom. The molecule has 2 N–H and O–H groups in total. The number of imide groups is 1. The summed E-state index contributed by atoms with van der Waals surface area (Å²) in [5.41, 5.74) is 3.11. The minimum atomic E-state index is -1.03. The summed E-state index contributed by atoms with van der Waals surface area (Å²) in [4.78, 5) is 41.9. The third-order valence-corrected chi connectivity index (χ3v) is 7.25. The van der Waals surface area contributed by atoms with E-state index in [-0.39, 0.29) is 30.6 Å². The Morgan fingerprint density at radius 1 is 1.06 bits per heavy atom. The van der Waals surface area contributed by atoms with Crippen LogP contribution in [0, 0.1) is 0 Å². The average molecular weight is 447 g/mol. The average Bonchev–Trinajstić information content (AvgIpc) is 3.39. The van der Waals surface area contributed by atoms with Crippen LogP contribution in [0.15, 0.2) is 48.5 Å². The van der Waals surface area contributed by atoms with Crippen LogP contribution in [-0.2, 0) is 23.2 Å². The van der Waals surface area contributed by atoms with Gasteiger partial charge in [0.25, 0.3) is 11.8 Å². The minimum Gasteiger partial charge on any atom is -0.349 e. The van der Waals surface area contributed by atoms with E-state index in [9.17, 15) is 14.4 Å². The van der Waals surface area contributed by atoms with E-state index >= 15 is 0 Å². The van der Waals surface area contributed by atoms with Crippen molar-refractivity contribution >= 4 is 17.8 Å². The molecule has 2 saturated heterocycles. The van der Waals surface area contributed by atoms with E-state index in [0.717, 1.165) is 37.7 Å². The van der Waals surface area contributed by atoms with Crippen molar-refractivity contribution in [1.82, 2.24) is 20.4 Å². The van der Waals surface area contributed by atoms with Gasteiger partial charge >= 0.3 is 6.03 Å². The van der Waals surface area contributed by atoms with Crippen LogP contribution in [0.2, 0.25) is 0 Å². The molecule has 7 heteroatoms. The second kappa shape index (κ2) is 8.63. The van der Waals surface area contributed by atoms with Crippen LogP contribution in [0.4, 0.5) is 4.79 Å². The number of hydrogen-bond acceptors (Lipinski definition) is 4. The van der Waals surface area contributed by atoms with Crippen LogP contribution in [-0.4, -0.2) is 53.4 Å². The van der Waals surface area contributed by atoms with Gasteiger partial charge in [0.2, 0.25) is 0 Å². The van der Waals surface area contributed by atoms with Gasteiger partial charge in [0.1, 0.15) is 5.54 Å².